The lowest BCUT2D eigenvalue weighted by molar-refractivity contribution is -0.111. The second-order valence-electron chi connectivity index (χ2n) is 7.51. The molecule has 1 aliphatic rings. The Kier molecular flexibility index (Phi) is 5.04. The monoisotopic (exact) mass is 430 g/mol. The van der Waals surface area contributed by atoms with Gasteiger partial charge in [-0.1, -0.05) is 12.6 Å². The third kappa shape index (κ3) is 4.03. The summed E-state index contributed by atoms with van der Waals surface area (Å²) in [6.45, 7) is 6.12. The van der Waals surface area contributed by atoms with Gasteiger partial charge in [-0.15, -0.1) is 5.10 Å². The number of nitrogens with one attached hydrogen (secondary N) is 2. The second-order valence-corrected chi connectivity index (χ2v) is 7.51. The third-order valence-corrected chi connectivity index (χ3v) is 5.09. The van der Waals surface area contributed by atoms with Gasteiger partial charge in [0.2, 0.25) is 17.7 Å². The van der Waals surface area contributed by atoms with E-state index in [4.69, 9.17) is 4.74 Å². The quantitative estimate of drug-likeness (QED) is 0.453. The predicted molar refractivity (Wildman–Crippen MR) is 120 cm³/mol. The molecule has 1 amide bonds. The SMILES string of the molecule is C=CC(=O)Nc1cccc(Oc2nc(Nc3cc4n(n3)CCN(C)C4)nn3cccc23)c1. The number of amides is 1. The molecule has 0 unspecified atom stereocenters. The Labute approximate surface area is 184 Å². The van der Waals surface area contributed by atoms with Gasteiger partial charge in [0.05, 0.1) is 12.2 Å². The van der Waals surface area contributed by atoms with Crippen LogP contribution in [0.25, 0.3) is 5.52 Å². The van der Waals surface area contributed by atoms with Crippen molar-refractivity contribution in [3.05, 3.63) is 67.0 Å². The number of carbonyl (C=O) groups excluding carboxylic acids is 1. The van der Waals surface area contributed by atoms with Gasteiger partial charge in [0.25, 0.3) is 0 Å². The summed E-state index contributed by atoms with van der Waals surface area (Å²) in [4.78, 5) is 18.4. The molecule has 4 aromatic rings. The molecule has 10 nitrogen and oxygen atoms in total. The fourth-order valence-corrected chi connectivity index (χ4v) is 3.55. The van der Waals surface area contributed by atoms with E-state index in [1.54, 1.807) is 28.8 Å². The molecule has 2 N–H and O–H groups in total. The molecule has 1 aromatic carbocycles. The summed E-state index contributed by atoms with van der Waals surface area (Å²) in [5.74, 6) is 1.66. The molecule has 1 aliphatic heterocycles. The minimum absolute atomic E-state index is 0.293. The lowest BCUT2D eigenvalue weighted by Crippen LogP contribution is -2.30. The van der Waals surface area contributed by atoms with Crippen molar-refractivity contribution in [3.8, 4) is 11.6 Å². The molecule has 162 valence electrons. The number of fused-ring (bicyclic) bond motifs is 2. The maximum Gasteiger partial charge on any atom is 0.249 e. The van der Waals surface area contributed by atoms with Crippen LogP contribution in [0.3, 0.4) is 0 Å². The van der Waals surface area contributed by atoms with Crippen molar-refractivity contribution in [2.45, 2.75) is 13.1 Å². The topological polar surface area (TPSA) is 102 Å². The van der Waals surface area contributed by atoms with Crippen LogP contribution in [0.2, 0.25) is 0 Å². The Morgan fingerprint density at radius 2 is 2.09 bits per heavy atom. The molecule has 3 aromatic heterocycles. The molecule has 0 saturated carbocycles. The van der Waals surface area contributed by atoms with Crippen LogP contribution in [0.4, 0.5) is 17.5 Å². The van der Waals surface area contributed by atoms with E-state index in [0.717, 1.165) is 25.3 Å². The minimum atomic E-state index is -0.293. The Morgan fingerprint density at radius 1 is 1.19 bits per heavy atom. The maximum atomic E-state index is 11.6. The van der Waals surface area contributed by atoms with Gasteiger partial charge in [-0.05, 0) is 37.4 Å². The Hall–Kier alpha value is -4.18. The highest BCUT2D eigenvalue weighted by molar-refractivity contribution is 5.98. The first-order chi connectivity index (χ1) is 15.6. The van der Waals surface area contributed by atoms with E-state index in [9.17, 15) is 4.79 Å². The molecule has 5 rings (SSSR count). The van der Waals surface area contributed by atoms with Crippen molar-refractivity contribution in [2.75, 3.05) is 24.2 Å². The number of ether oxygens (including phenoxy) is 1. The fourth-order valence-electron chi connectivity index (χ4n) is 3.55. The summed E-state index contributed by atoms with van der Waals surface area (Å²) in [6, 6.07) is 12.8. The fraction of sp³-hybridized carbons (Fsp3) is 0.182. The molecule has 32 heavy (non-hydrogen) atoms. The number of benzene rings is 1. The largest absolute Gasteiger partial charge is 0.437 e. The number of hydrogen-bond acceptors (Lipinski definition) is 7. The molecule has 0 atom stereocenters. The van der Waals surface area contributed by atoms with Crippen LogP contribution >= 0.6 is 0 Å². The number of carbonyl (C=O) groups is 1. The zero-order valence-electron chi connectivity index (χ0n) is 17.5. The Balaban J connectivity index is 1.42. The number of hydrogen-bond donors (Lipinski definition) is 2. The van der Waals surface area contributed by atoms with Crippen molar-refractivity contribution in [1.29, 1.82) is 0 Å². The third-order valence-electron chi connectivity index (χ3n) is 5.09. The van der Waals surface area contributed by atoms with Gasteiger partial charge < -0.3 is 15.4 Å². The van der Waals surface area contributed by atoms with Crippen LogP contribution in [0, 0.1) is 0 Å². The lowest BCUT2D eigenvalue weighted by atomic mass is 10.3. The molecule has 0 radical (unpaired) electrons. The molecule has 0 bridgehead atoms. The predicted octanol–water partition coefficient (Wildman–Crippen LogP) is 3.03. The zero-order valence-corrected chi connectivity index (χ0v) is 17.5. The Bertz CT molecular complexity index is 1310. The molecule has 0 saturated heterocycles. The molecule has 10 heteroatoms. The van der Waals surface area contributed by atoms with Crippen molar-refractivity contribution in [3.63, 3.8) is 0 Å². The van der Waals surface area contributed by atoms with E-state index in [1.807, 2.05) is 29.1 Å². The summed E-state index contributed by atoms with van der Waals surface area (Å²) in [6.07, 6.45) is 3.04. The summed E-state index contributed by atoms with van der Waals surface area (Å²) in [5, 5.41) is 15.0. The lowest BCUT2D eigenvalue weighted by Gasteiger charge is -2.22. The minimum Gasteiger partial charge on any atom is -0.437 e. The molecular weight excluding hydrogens is 408 g/mol. The van der Waals surface area contributed by atoms with Crippen LogP contribution in [-0.4, -0.2) is 48.8 Å². The molecule has 0 spiro atoms. The normalized spacial score (nSPS) is 13.5. The van der Waals surface area contributed by atoms with Crippen molar-refractivity contribution in [1.82, 2.24) is 29.3 Å². The first-order valence-corrected chi connectivity index (χ1v) is 10.2. The van der Waals surface area contributed by atoms with Gasteiger partial charge in [0, 0.05) is 37.1 Å². The first kappa shape index (κ1) is 19.8. The summed E-state index contributed by atoms with van der Waals surface area (Å²) >= 11 is 0. The van der Waals surface area contributed by atoms with Gasteiger partial charge in [0.15, 0.2) is 5.82 Å². The van der Waals surface area contributed by atoms with E-state index >= 15 is 0 Å². The zero-order chi connectivity index (χ0) is 22.1. The van der Waals surface area contributed by atoms with Crippen LogP contribution in [0.5, 0.6) is 11.6 Å². The summed E-state index contributed by atoms with van der Waals surface area (Å²) in [7, 11) is 2.09. The molecule has 0 aliphatic carbocycles. The van der Waals surface area contributed by atoms with Gasteiger partial charge in [0.1, 0.15) is 11.3 Å². The standard InChI is InChI=1S/C22H22N8O2/c1-3-20(31)23-15-6-4-7-17(12-15)32-21-18-8-5-9-30(18)27-22(25-21)24-19-13-16-14-28(2)10-11-29(16)26-19/h3-9,12-13H,1,10-11,14H2,2H3,(H,23,31)(H,24,26,27). The number of anilines is 3. The summed E-state index contributed by atoms with van der Waals surface area (Å²) < 4.78 is 9.75. The summed E-state index contributed by atoms with van der Waals surface area (Å²) in [5.41, 5.74) is 2.44. The highest BCUT2D eigenvalue weighted by Gasteiger charge is 2.17. The van der Waals surface area contributed by atoms with Gasteiger partial charge in [-0.25, -0.2) is 4.52 Å². The van der Waals surface area contributed by atoms with Crippen LogP contribution in [0.1, 0.15) is 5.69 Å². The highest BCUT2D eigenvalue weighted by Crippen LogP contribution is 2.28. The average molecular weight is 430 g/mol. The Morgan fingerprint density at radius 3 is 2.97 bits per heavy atom. The highest BCUT2D eigenvalue weighted by atomic mass is 16.5. The van der Waals surface area contributed by atoms with Crippen LogP contribution < -0.4 is 15.4 Å². The molecule has 0 fully saturated rings. The molecule has 4 heterocycles. The maximum absolute atomic E-state index is 11.6. The van der Waals surface area contributed by atoms with Crippen molar-refractivity contribution >= 4 is 28.9 Å². The number of nitrogens with zero attached hydrogens (tertiary/aromatic N) is 6. The van der Waals surface area contributed by atoms with Crippen LogP contribution in [-0.2, 0) is 17.9 Å². The van der Waals surface area contributed by atoms with E-state index in [0.29, 0.717) is 34.6 Å². The van der Waals surface area contributed by atoms with Gasteiger partial charge >= 0.3 is 0 Å². The second kappa shape index (κ2) is 8.16. The van der Waals surface area contributed by atoms with Gasteiger partial charge in [-0.2, -0.15) is 10.1 Å². The average Bonchev–Trinajstić information content (AvgIpc) is 3.40. The number of likely N-dealkylation sites (N-methyl/N-ethyl adjacent to an activating group) is 1. The van der Waals surface area contributed by atoms with E-state index in [1.165, 1.54) is 6.08 Å². The van der Waals surface area contributed by atoms with Crippen LogP contribution in [0.15, 0.2) is 61.3 Å². The first-order valence-electron chi connectivity index (χ1n) is 10.2. The van der Waals surface area contributed by atoms with E-state index < -0.39 is 0 Å². The van der Waals surface area contributed by atoms with E-state index in [-0.39, 0.29) is 5.91 Å². The molecular formula is C22H22N8O2. The van der Waals surface area contributed by atoms with E-state index in [2.05, 4.69) is 44.3 Å². The number of rotatable bonds is 6. The smallest absolute Gasteiger partial charge is 0.249 e. The van der Waals surface area contributed by atoms with Crippen molar-refractivity contribution in [2.24, 2.45) is 0 Å². The van der Waals surface area contributed by atoms with Crippen molar-refractivity contribution < 1.29 is 9.53 Å². The van der Waals surface area contributed by atoms with Gasteiger partial charge in [-0.3, -0.25) is 14.4 Å². The number of aromatic nitrogens is 5.